The first kappa shape index (κ1) is 22.7. The first-order valence-corrected chi connectivity index (χ1v) is 9.95. The Morgan fingerprint density at radius 1 is 0.788 bits per heavy atom. The molecule has 33 heavy (non-hydrogen) atoms. The second kappa shape index (κ2) is 8.79. The van der Waals surface area contributed by atoms with Gasteiger partial charge in [0.05, 0.1) is 0 Å². The van der Waals surface area contributed by atoms with Gasteiger partial charge in [-0.2, -0.15) is 41.3 Å². The topological polar surface area (TPSA) is 79.7 Å². The van der Waals surface area contributed by atoms with Crippen LogP contribution in [0.15, 0.2) is 36.5 Å². The molecule has 4 rings (SSSR count). The lowest BCUT2D eigenvalue weighted by Gasteiger charge is -2.27. The van der Waals surface area contributed by atoms with Gasteiger partial charge in [0.25, 0.3) is 0 Å². The first-order valence-electron chi connectivity index (χ1n) is 9.95. The van der Waals surface area contributed by atoms with Crippen LogP contribution in [-0.4, -0.2) is 38.0 Å². The number of alkyl halides is 6. The summed E-state index contributed by atoms with van der Waals surface area (Å²) in [5, 5.41) is 2.67. The van der Waals surface area contributed by atoms with Crippen LogP contribution < -0.4 is 10.2 Å². The molecule has 1 aliphatic heterocycles. The molecule has 0 amide bonds. The molecule has 0 radical (unpaired) electrons. The molecule has 0 bridgehead atoms. The molecular formula is C20H17F6N7. The fourth-order valence-corrected chi connectivity index (χ4v) is 3.28. The Morgan fingerprint density at radius 2 is 1.52 bits per heavy atom. The van der Waals surface area contributed by atoms with E-state index in [1.54, 1.807) is 0 Å². The number of rotatable bonds is 4. The summed E-state index contributed by atoms with van der Waals surface area (Å²) in [6, 6.07) is 5.41. The fraction of sp³-hybridized carbons (Fsp3) is 0.350. The van der Waals surface area contributed by atoms with Crippen LogP contribution in [0.5, 0.6) is 0 Å². The van der Waals surface area contributed by atoms with Gasteiger partial charge < -0.3 is 10.2 Å². The lowest BCUT2D eigenvalue weighted by molar-refractivity contribution is -0.141. The summed E-state index contributed by atoms with van der Waals surface area (Å²) >= 11 is 0. The zero-order valence-corrected chi connectivity index (χ0v) is 17.0. The molecule has 13 heteroatoms. The molecule has 7 nitrogen and oxygen atoms in total. The molecule has 3 aromatic heterocycles. The average molecular weight is 469 g/mol. The van der Waals surface area contributed by atoms with Crippen molar-refractivity contribution in [2.45, 2.75) is 31.6 Å². The number of nitrogens with one attached hydrogen (secondary N) is 1. The highest BCUT2D eigenvalue weighted by Gasteiger charge is 2.33. The van der Waals surface area contributed by atoms with Crippen LogP contribution in [0.2, 0.25) is 0 Å². The fourth-order valence-electron chi connectivity index (χ4n) is 3.28. The molecule has 0 aromatic carbocycles. The molecule has 0 unspecified atom stereocenters. The molecule has 1 aliphatic rings. The lowest BCUT2D eigenvalue weighted by Crippen LogP contribution is -2.31. The second-order valence-electron chi connectivity index (χ2n) is 7.29. The second-order valence-corrected chi connectivity index (χ2v) is 7.29. The van der Waals surface area contributed by atoms with Crippen LogP contribution >= 0.6 is 0 Å². The molecule has 4 heterocycles. The van der Waals surface area contributed by atoms with Gasteiger partial charge in [0.15, 0.2) is 5.82 Å². The summed E-state index contributed by atoms with van der Waals surface area (Å²) in [4.78, 5) is 21.4. The average Bonchev–Trinajstić information content (AvgIpc) is 2.79. The Labute approximate surface area is 183 Å². The van der Waals surface area contributed by atoms with E-state index in [1.807, 2.05) is 4.90 Å². The SMILES string of the molecule is FC(F)(F)c1cc(Nc2nc(-c3cccc(C(F)(F)F)n3)nc(N3CCCCC3)n2)ccn1. The van der Waals surface area contributed by atoms with Gasteiger partial charge in [0.2, 0.25) is 11.9 Å². The highest BCUT2D eigenvalue weighted by atomic mass is 19.4. The van der Waals surface area contributed by atoms with E-state index in [0.29, 0.717) is 13.1 Å². The van der Waals surface area contributed by atoms with Crippen LogP contribution in [0.25, 0.3) is 11.5 Å². The monoisotopic (exact) mass is 469 g/mol. The Hall–Kier alpha value is -3.51. The predicted molar refractivity (Wildman–Crippen MR) is 107 cm³/mol. The minimum Gasteiger partial charge on any atom is -0.341 e. The number of anilines is 3. The van der Waals surface area contributed by atoms with E-state index >= 15 is 0 Å². The maximum atomic E-state index is 13.1. The summed E-state index contributed by atoms with van der Waals surface area (Å²) in [5.41, 5.74) is -2.36. The Kier molecular flexibility index (Phi) is 6.04. The molecule has 1 fully saturated rings. The number of pyridine rings is 2. The molecule has 174 valence electrons. The minimum absolute atomic E-state index is 0.0103. The van der Waals surface area contributed by atoms with Gasteiger partial charge in [0, 0.05) is 25.0 Å². The smallest absolute Gasteiger partial charge is 0.341 e. The molecule has 0 spiro atoms. The Balaban J connectivity index is 1.74. The van der Waals surface area contributed by atoms with Crippen molar-refractivity contribution in [1.29, 1.82) is 0 Å². The van der Waals surface area contributed by atoms with Gasteiger partial charge in [-0.3, -0.25) is 4.98 Å². The van der Waals surface area contributed by atoms with Crippen molar-refractivity contribution < 1.29 is 26.3 Å². The van der Waals surface area contributed by atoms with E-state index in [9.17, 15) is 26.3 Å². The van der Waals surface area contributed by atoms with Gasteiger partial charge in [-0.25, -0.2) is 4.98 Å². The minimum atomic E-state index is -4.66. The van der Waals surface area contributed by atoms with E-state index in [0.717, 1.165) is 37.6 Å². The van der Waals surface area contributed by atoms with Gasteiger partial charge in [-0.05, 0) is 43.5 Å². The normalized spacial score (nSPS) is 14.9. The molecule has 0 saturated carbocycles. The van der Waals surface area contributed by atoms with Crippen molar-refractivity contribution in [3.63, 3.8) is 0 Å². The van der Waals surface area contributed by atoms with Crippen molar-refractivity contribution in [2.75, 3.05) is 23.3 Å². The van der Waals surface area contributed by atoms with Gasteiger partial charge >= 0.3 is 12.4 Å². The summed E-state index contributed by atoms with van der Waals surface area (Å²) in [5.74, 6) is -0.0603. The highest BCUT2D eigenvalue weighted by Crippen LogP contribution is 2.31. The van der Waals surface area contributed by atoms with Gasteiger partial charge in [-0.1, -0.05) is 6.07 Å². The number of halogens is 6. The van der Waals surface area contributed by atoms with Crippen LogP contribution in [0, 0.1) is 0 Å². The standard InChI is InChI=1S/C20H17F6N7/c21-19(22,23)14-6-4-5-13(29-14)16-30-17(32-18(31-16)33-9-2-1-3-10-33)28-12-7-8-27-15(11-12)20(24,25)26/h4-8,11H,1-3,9-10H2,(H,27,28,30,31,32). The summed E-state index contributed by atoms with van der Waals surface area (Å²) < 4.78 is 78.3. The zero-order valence-electron chi connectivity index (χ0n) is 17.0. The first-order chi connectivity index (χ1) is 15.6. The van der Waals surface area contributed by atoms with Crippen LogP contribution in [-0.2, 0) is 12.4 Å². The molecular weight excluding hydrogens is 452 g/mol. The number of nitrogens with zero attached hydrogens (tertiary/aromatic N) is 6. The summed E-state index contributed by atoms with van der Waals surface area (Å²) in [7, 11) is 0. The number of hydrogen-bond acceptors (Lipinski definition) is 7. The number of piperidine rings is 1. The third-order valence-corrected chi connectivity index (χ3v) is 4.84. The Bertz CT molecular complexity index is 1130. The van der Waals surface area contributed by atoms with E-state index in [-0.39, 0.29) is 29.1 Å². The summed E-state index contributed by atoms with van der Waals surface area (Å²) in [6.45, 7) is 1.26. The largest absolute Gasteiger partial charge is 0.433 e. The van der Waals surface area contributed by atoms with Crippen LogP contribution in [0.4, 0.5) is 43.9 Å². The number of hydrogen-bond donors (Lipinski definition) is 1. The lowest BCUT2D eigenvalue weighted by atomic mass is 10.1. The van der Waals surface area contributed by atoms with Crippen molar-refractivity contribution >= 4 is 17.6 Å². The van der Waals surface area contributed by atoms with Gasteiger partial charge in [-0.15, -0.1) is 0 Å². The quantitative estimate of drug-likeness (QED) is 0.533. The predicted octanol–water partition coefficient (Wildman–Crippen LogP) is 5.10. The van der Waals surface area contributed by atoms with Crippen molar-refractivity contribution in [3.8, 4) is 11.5 Å². The molecule has 0 aliphatic carbocycles. The number of aromatic nitrogens is 5. The maximum absolute atomic E-state index is 13.1. The molecule has 3 aromatic rings. The van der Waals surface area contributed by atoms with E-state index in [1.165, 1.54) is 18.2 Å². The molecule has 0 atom stereocenters. The molecule has 1 saturated heterocycles. The third kappa shape index (κ3) is 5.46. The van der Waals surface area contributed by atoms with E-state index in [4.69, 9.17) is 0 Å². The zero-order chi connectivity index (χ0) is 23.6. The Morgan fingerprint density at radius 3 is 2.21 bits per heavy atom. The summed E-state index contributed by atoms with van der Waals surface area (Å²) in [6.07, 6.45) is -5.55. The van der Waals surface area contributed by atoms with Gasteiger partial charge in [0.1, 0.15) is 17.1 Å². The van der Waals surface area contributed by atoms with Crippen molar-refractivity contribution in [3.05, 3.63) is 47.9 Å². The molecule has 1 N–H and O–H groups in total. The van der Waals surface area contributed by atoms with Crippen LogP contribution in [0.3, 0.4) is 0 Å². The maximum Gasteiger partial charge on any atom is 0.433 e. The van der Waals surface area contributed by atoms with Crippen molar-refractivity contribution in [2.24, 2.45) is 0 Å². The van der Waals surface area contributed by atoms with Crippen molar-refractivity contribution in [1.82, 2.24) is 24.9 Å². The van der Waals surface area contributed by atoms with E-state index in [2.05, 4.69) is 30.2 Å². The third-order valence-electron chi connectivity index (χ3n) is 4.84. The van der Waals surface area contributed by atoms with Crippen LogP contribution in [0.1, 0.15) is 30.7 Å². The van der Waals surface area contributed by atoms with E-state index < -0.39 is 23.7 Å². The highest BCUT2D eigenvalue weighted by molar-refractivity contribution is 5.59.